The summed E-state index contributed by atoms with van der Waals surface area (Å²) in [6, 6.07) is 0.412. The molecule has 0 bridgehead atoms. The highest BCUT2D eigenvalue weighted by atomic mass is 15.0. The Hall–Kier alpha value is -1.32. The smallest absolute Gasteiger partial charge is 0.134 e. The first-order valence-corrected chi connectivity index (χ1v) is 5.84. The highest BCUT2D eigenvalue weighted by Crippen LogP contribution is 2.17. The number of nitrogens with one attached hydrogen (secondary N) is 1. The van der Waals surface area contributed by atoms with E-state index >= 15 is 0 Å². The van der Waals surface area contributed by atoms with E-state index in [9.17, 15) is 0 Å². The van der Waals surface area contributed by atoms with E-state index < -0.39 is 0 Å². The van der Waals surface area contributed by atoms with Crippen molar-refractivity contribution in [2.24, 2.45) is 5.92 Å². The van der Waals surface area contributed by atoms with Crippen LogP contribution >= 0.6 is 0 Å². The van der Waals surface area contributed by atoms with Gasteiger partial charge in [0.25, 0.3) is 0 Å². The van der Waals surface area contributed by atoms with Gasteiger partial charge in [-0.1, -0.05) is 13.8 Å². The molecule has 0 aliphatic carbocycles. The van der Waals surface area contributed by atoms with Crippen LogP contribution in [0.4, 0.5) is 11.6 Å². The van der Waals surface area contributed by atoms with Crippen molar-refractivity contribution in [3.63, 3.8) is 0 Å². The van der Waals surface area contributed by atoms with Crippen LogP contribution < -0.4 is 11.1 Å². The van der Waals surface area contributed by atoms with Gasteiger partial charge in [0.2, 0.25) is 0 Å². The molecule has 0 spiro atoms. The van der Waals surface area contributed by atoms with Gasteiger partial charge in [0.1, 0.15) is 18.0 Å². The fraction of sp³-hybridized carbons (Fsp3) is 0.667. The van der Waals surface area contributed by atoms with Gasteiger partial charge in [-0.2, -0.15) is 0 Å². The molecule has 3 N–H and O–H groups in total. The molecule has 0 aromatic carbocycles. The highest BCUT2D eigenvalue weighted by molar-refractivity contribution is 5.54. The van der Waals surface area contributed by atoms with E-state index in [0.717, 1.165) is 23.7 Å². The van der Waals surface area contributed by atoms with E-state index in [4.69, 9.17) is 5.73 Å². The van der Waals surface area contributed by atoms with Crippen molar-refractivity contribution < 1.29 is 0 Å². The van der Waals surface area contributed by atoms with Gasteiger partial charge in [0.05, 0.1) is 0 Å². The summed E-state index contributed by atoms with van der Waals surface area (Å²) in [7, 11) is 0. The quantitative estimate of drug-likeness (QED) is 0.803. The predicted molar refractivity (Wildman–Crippen MR) is 68.3 cm³/mol. The number of rotatable bonds is 5. The molecule has 0 fully saturated rings. The summed E-state index contributed by atoms with van der Waals surface area (Å²) in [5, 5.41) is 3.38. The molecule has 1 aromatic heterocycles. The van der Waals surface area contributed by atoms with Crippen LogP contribution in [0, 0.1) is 12.8 Å². The Labute approximate surface area is 97.7 Å². The van der Waals surface area contributed by atoms with E-state index in [2.05, 4.69) is 36.1 Å². The monoisotopic (exact) mass is 222 g/mol. The third-order valence-corrected chi connectivity index (χ3v) is 2.68. The minimum atomic E-state index is 0.412. The fourth-order valence-corrected chi connectivity index (χ4v) is 1.50. The average molecular weight is 222 g/mol. The normalized spacial score (nSPS) is 12.8. The van der Waals surface area contributed by atoms with Crippen LogP contribution in [0.15, 0.2) is 6.33 Å². The Morgan fingerprint density at radius 1 is 1.25 bits per heavy atom. The zero-order valence-corrected chi connectivity index (χ0v) is 10.6. The maximum atomic E-state index is 5.73. The number of nitrogens with two attached hydrogens (primary N) is 1. The van der Waals surface area contributed by atoms with Gasteiger partial charge >= 0.3 is 0 Å². The number of hydrogen-bond acceptors (Lipinski definition) is 4. The Bertz CT molecular complexity index is 336. The van der Waals surface area contributed by atoms with E-state index in [0.29, 0.717) is 11.9 Å². The van der Waals surface area contributed by atoms with E-state index in [-0.39, 0.29) is 0 Å². The van der Waals surface area contributed by atoms with Gasteiger partial charge in [-0.25, -0.2) is 9.97 Å². The van der Waals surface area contributed by atoms with Crippen LogP contribution in [-0.2, 0) is 0 Å². The molecule has 4 heteroatoms. The fourth-order valence-electron chi connectivity index (χ4n) is 1.50. The van der Waals surface area contributed by atoms with Crippen molar-refractivity contribution in [1.29, 1.82) is 0 Å². The zero-order chi connectivity index (χ0) is 12.1. The molecule has 1 heterocycles. The van der Waals surface area contributed by atoms with Crippen LogP contribution in [0.1, 0.15) is 39.2 Å². The van der Waals surface area contributed by atoms with E-state index in [1.165, 1.54) is 12.7 Å². The molecule has 16 heavy (non-hydrogen) atoms. The molecule has 0 aliphatic rings. The predicted octanol–water partition coefficient (Wildman–Crippen LogP) is 2.60. The van der Waals surface area contributed by atoms with Gasteiger partial charge in [-0.05, 0) is 32.6 Å². The maximum absolute atomic E-state index is 5.73. The van der Waals surface area contributed by atoms with Crippen LogP contribution in [-0.4, -0.2) is 16.0 Å². The van der Waals surface area contributed by atoms with Gasteiger partial charge in [0, 0.05) is 11.6 Å². The van der Waals surface area contributed by atoms with Crippen molar-refractivity contribution in [2.75, 3.05) is 11.1 Å². The van der Waals surface area contributed by atoms with Crippen molar-refractivity contribution in [3.05, 3.63) is 11.9 Å². The second-order valence-corrected chi connectivity index (χ2v) is 4.75. The van der Waals surface area contributed by atoms with Gasteiger partial charge in [-0.15, -0.1) is 0 Å². The van der Waals surface area contributed by atoms with E-state index in [1.54, 1.807) is 0 Å². The number of aromatic nitrogens is 2. The lowest BCUT2D eigenvalue weighted by atomic mass is 10.0. The third kappa shape index (κ3) is 3.68. The van der Waals surface area contributed by atoms with Gasteiger partial charge in [0.15, 0.2) is 0 Å². The van der Waals surface area contributed by atoms with Crippen molar-refractivity contribution >= 4 is 11.6 Å². The Balaban J connectivity index is 2.56. The Kier molecular flexibility index (Phi) is 4.52. The zero-order valence-electron chi connectivity index (χ0n) is 10.6. The van der Waals surface area contributed by atoms with E-state index in [1.807, 2.05) is 6.92 Å². The number of hydrogen-bond donors (Lipinski definition) is 2. The summed E-state index contributed by atoms with van der Waals surface area (Å²) in [4.78, 5) is 8.15. The minimum Gasteiger partial charge on any atom is -0.383 e. The van der Waals surface area contributed by atoms with Gasteiger partial charge in [-0.3, -0.25) is 0 Å². The molecule has 0 aliphatic heterocycles. The molecule has 0 saturated heterocycles. The average Bonchev–Trinajstić information content (AvgIpc) is 2.22. The second kappa shape index (κ2) is 5.68. The second-order valence-electron chi connectivity index (χ2n) is 4.75. The maximum Gasteiger partial charge on any atom is 0.134 e. The van der Waals surface area contributed by atoms with Crippen LogP contribution in [0.25, 0.3) is 0 Å². The molecule has 1 atom stereocenters. The molecule has 0 amide bonds. The lowest BCUT2D eigenvalue weighted by Gasteiger charge is -2.17. The number of nitrogens with zero attached hydrogens (tertiary/aromatic N) is 2. The highest BCUT2D eigenvalue weighted by Gasteiger charge is 2.08. The molecule has 1 unspecified atom stereocenters. The molecule has 1 rings (SSSR count). The standard InChI is InChI=1S/C12H22N4/c1-8(2)5-6-9(3)16-12-10(4)11(13)14-7-15-12/h7-9H,5-6H2,1-4H3,(H3,13,14,15,16). The van der Waals surface area contributed by atoms with Crippen molar-refractivity contribution in [3.8, 4) is 0 Å². The molecule has 1 aromatic rings. The first-order chi connectivity index (χ1) is 7.50. The first kappa shape index (κ1) is 12.7. The Morgan fingerprint density at radius 3 is 2.56 bits per heavy atom. The van der Waals surface area contributed by atoms with Crippen molar-refractivity contribution in [2.45, 2.75) is 46.6 Å². The molecule has 0 radical (unpaired) electrons. The van der Waals surface area contributed by atoms with Crippen molar-refractivity contribution in [1.82, 2.24) is 9.97 Å². The lowest BCUT2D eigenvalue weighted by Crippen LogP contribution is -2.18. The lowest BCUT2D eigenvalue weighted by molar-refractivity contribution is 0.527. The summed E-state index contributed by atoms with van der Waals surface area (Å²) in [5.41, 5.74) is 6.66. The van der Waals surface area contributed by atoms with Gasteiger partial charge < -0.3 is 11.1 Å². The number of nitrogen functional groups attached to an aromatic ring is 1. The minimum absolute atomic E-state index is 0.412. The number of anilines is 2. The molecule has 4 nitrogen and oxygen atoms in total. The van der Waals surface area contributed by atoms with Crippen LogP contribution in [0.3, 0.4) is 0 Å². The van der Waals surface area contributed by atoms with Crippen LogP contribution in [0.2, 0.25) is 0 Å². The first-order valence-electron chi connectivity index (χ1n) is 5.84. The largest absolute Gasteiger partial charge is 0.383 e. The molecule has 0 saturated carbocycles. The summed E-state index contributed by atoms with van der Waals surface area (Å²) in [5.74, 6) is 2.14. The van der Waals surface area contributed by atoms with Crippen LogP contribution in [0.5, 0.6) is 0 Å². The summed E-state index contributed by atoms with van der Waals surface area (Å²) < 4.78 is 0. The SMILES string of the molecule is Cc1c(N)ncnc1NC(C)CCC(C)C. The molecular weight excluding hydrogens is 200 g/mol. The summed E-state index contributed by atoms with van der Waals surface area (Å²) in [6.07, 6.45) is 3.86. The topological polar surface area (TPSA) is 63.8 Å². The molecule has 90 valence electrons. The molecular formula is C12H22N4. The summed E-state index contributed by atoms with van der Waals surface area (Å²) >= 11 is 0. The third-order valence-electron chi connectivity index (χ3n) is 2.68. The Morgan fingerprint density at radius 2 is 1.94 bits per heavy atom. The summed E-state index contributed by atoms with van der Waals surface area (Å²) in [6.45, 7) is 8.58.